The number of hydrogen-bond acceptors (Lipinski definition) is 5. The maximum Gasteiger partial charge on any atom is 0.241 e. The van der Waals surface area contributed by atoms with Crippen molar-refractivity contribution in [2.45, 2.75) is 18.5 Å². The molecule has 0 spiro atoms. The van der Waals surface area contributed by atoms with Gasteiger partial charge in [-0.15, -0.1) is 0 Å². The van der Waals surface area contributed by atoms with E-state index in [9.17, 15) is 13.2 Å². The second-order valence-corrected chi connectivity index (χ2v) is 10.4. The molecule has 0 bridgehead atoms. The number of hydrogen-bond donors (Lipinski definition) is 1. The molecular weight excluding hydrogens is 436 g/mol. The van der Waals surface area contributed by atoms with E-state index in [1.807, 2.05) is 84.9 Å². The number of amides is 1. The predicted molar refractivity (Wildman–Crippen MR) is 130 cm³/mol. The number of ether oxygens (including phenoxy) is 1. The smallest absolute Gasteiger partial charge is 0.241 e. The number of anilines is 1. The average molecular weight is 465 g/mol. The number of methoxy groups -OCH3 is 1. The average Bonchev–Trinajstić information content (AvgIpc) is 3.20. The summed E-state index contributed by atoms with van der Waals surface area (Å²) in [5.41, 5.74) is 2.75. The predicted octanol–water partition coefficient (Wildman–Crippen LogP) is 3.59. The highest BCUT2D eigenvalue weighted by molar-refractivity contribution is 7.91. The van der Waals surface area contributed by atoms with Crippen LogP contribution in [0.25, 0.3) is 0 Å². The van der Waals surface area contributed by atoms with Crippen LogP contribution >= 0.6 is 0 Å². The molecule has 1 amide bonds. The number of nitrogens with one attached hydrogen (secondary N) is 1. The van der Waals surface area contributed by atoms with Crippen LogP contribution in [0, 0.1) is 0 Å². The van der Waals surface area contributed by atoms with Crippen molar-refractivity contribution >= 4 is 21.4 Å². The normalized spacial score (nSPS) is 17.9. The number of carbonyl (C=O) groups excluding carboxylic acids is 1. The zero-order valence-electron chi connectivity index (χ0n) is 18.6. The minimum Gasteiger partial charge on any atom is -0.497 e. The molecule has 4 rings (SSSR count). The van der Waals surface area contributed by atoms with E-state index < -0.39 is 9.84 Å². The molecule has 3 aromatic rings. The van der Waals surface area contributed by atoms with Gasteiger partial charge >= 0.3 is 0 Å². The monoisotopic (exact) mass is 464 g/mol. The lowest BCUT2D eigenvalue weighted by Crippen LogP contribution is -2.46. The highest BCUT2D eigenvalue weighted by Crippen LogP contribution is 2.26. The first-order valence-corrected chi connectivity index (χ1v) is 12.8. The summed E-state index contributed by atoms with van der Waals surface area (Å²) >= 11 is 0. The number of para-hydroxylation sites is 1. The van der Waals surface area contributed by atoms with Crippen molar-refractivity contribution in [1.82, 2.24) is 5.32 Å². The molecule has 1 aliphatic rings. The molecule has 6 nitrogen and oxygen atoms in total. The third-order valence-electron chi connectivity index (χ3n) is 5.92. The maximum absolute atomic E-state index is 13.5. The van der Waals surface area contributed by atoms with E-state index in [1.54, 1.807) is 12.0 Å². The summed E-state index contributed by atoms with van der Waals surface area (Å²) in [5, 5.41) is 3.40. The van der Waals surface area contributed by atoms with Gasteiger partial charge in [0.05, 0.1) is 37.2 Å². The Hall–Kier alpha value is -3.16. The van der Waals surface area contributed by atoms with Crippen molar-refractivity contribution in [2.75, 3.05) is 30.1 Å². The quantitative estimate of drug-likeness (QED) is 0.551. The molecule has 0 aliphatic carbocycles. The van der Waals surface area contributed by atoms with Crippen LogP contribution in [0.4, 0.5) is 5.69 Å². The summed E-state index contributed by atoms with van der Waals surface area (Å²) in [5.74, 6) is 0.714. The Morgan fingerprint density at radius 2 is 1.58 bits per heavy atom. The Balaban J connectivity index is 1.58. The van der Waals surface area contributed by atoms with Crippen molar-refractivity contribution in [1.29, 1.82) is 0 Å². The third-order valence-corrected chi connectivity index (χ3v) is 7.67. The Labute approximate surface area is 195 Å². The first kappa shape index (κ1) is 23.0. The van der Waals surface area contributed by atoms with Crippen LogP contribution in [0.5, 0.6) is 5.75 Å². The van der Waals surface area contributed by atoms with Crippen LogP contribution in [0.1, 0.15) is 23.6 Å². The lowest BCUT2D eigenvalue weighted by atomic mass is 9.98. The number of benzene rings is 3. The zero-order valence-corrected chi connectivity index (χ0v) is 19.4. The van der Waals surface area contributed by atoms with Gasteiger partial charge in [0, 0.05) is 5.69 Å². The van der Waals surface area contributed by atoms with Gasteiger partial charge in [0.15, 0.2) is 9.84 Å². The summed E-state index contributed by atoms with van der Waals surface area (Å²) in [6, 6.07) is 26.4. The molecule has 2 atom stereocenters. The van der Waals surface area contributed by atoms with Crippen molar-refractivity contribution < 1.29 is 17.9 Å². The van der Waals surface area contributed by atoms with Crippen LogP contribution in [-0.2, 0) is 14.6 Å². The minimum atomic E-state index is -3.13. The fraction of sp³-hybridized carbons (Fsp3) is 0.269. The molecule has 172 valence electrons. The van der Waals surface area contributed by atoms with Crippen LogP contribution in [0.2, 0.25) is 0 Å². The molecule has 0 saturated carbocycles. The van der Waals surface area contributed by atoms with E-state index in [0.717, 1.165) is 16.9 Å². The van der Waals surface area contributed by atoms with Crippen molar-refractivity contribution in [3.63, 3.8) is 0 Å². The SMILES string of the molecule is COc1ccc([C@H](NCC(=O)N(c2ccccc2)[C@H]2CCS(=O)(=O)C2)c2ccccc2)cc1. The van der Waals surface area contributed by atoms with Crippen LogP contribution in [0.15, 0.2) is 84.9 Å². The summed E-state index contributed by atoms with van der Waals surface area (Å²) in [4.78, 5) is 15.1. The van der Waals surface area contributed by atoms with Crippen molar-refractivity contribution in [3.05, 3.63) is 96.1 Å². The fourth-order valence-corrected chi connectivity index (χ4v) is 5.97. The fourth-order valence-electron chi connectivity index (χ4n) is 4.27. The largest absolute Gasteiger partial charge is 0.497 e. The van der Waals surface area contributed by atoms with Gasteiger partial charge in [0.1, 0.15) is 5.75 Å². The molecular formula is C26H28N2O4S. The first-order chi connectivity index (χ1) is 16.0. The van der Waals surface area contributed by atoms with E-state index in [0.29, 0.717) is 12.1 Å². The first-order valence-electron chi connectivity index (χ1n) is 11.0. The number of sulfone groups is 1. The minimum absolute atomic E-state index is 0.00573. The second-order valence-electron chi connectivity index (χ2n) is 8.15. The van der Waals surface area contributed by atoms with Gasteiger partial charge in [-0.2, -0.15) is 0 Å². The Morgan fingerprint density at radius 1 is 0.970 bits per heavy atom. The molecule has 0 aromatic heterocycles. The van der Waals surface area contributed by atoms with Gasteiger partial charge in [-0.25, -0.2) is 8.42 Å². The van der Waals surface area contributed by atoms with Crippen LogP contribution < -0.4 is 15.0 Å². The molecule has 1 N–H and O–H groups in total. The topological polar surface area (TPSA) is 75.7 Å². The van der Waals surface area contributed by atoms with E-state index in [4.69, 9.17) is 4.74 Å². The van der Waals surface area contributed by atoms with Gasteiger partial charge < -0.3 is 9.64 Å². The Bertz CT molecular complexity index is 1170. The Kier molecular flexibility index (Phi) is 7.11. The van der Waals surface area contributed by atoms with Gasteiger partial charge in [0.25, 0.3) is 0 Å². The molecule has 1 heterocycles. The molecule has 7 heteroatoms. The second kappa shape index (κ2) is 10.2. The molecule has 0 unspecified atom stereocenters. The van der Waals surface area contributed by atoms with Gasteiger partial charge in [0.2, 0.25) is 5.91 Å². The van der Waals surface area contributed by atoms with E-state index in [1.165, 1.54) is 0 Å². The lowest BCUT2D eigenvalue weighted by Gasteiger charge is -2.29. The van der Waals surface area contributed by atoms with Gasteiger partial charge in [-0.3, -0.25) is 10.1 Å². The maximum atomic E-state index is 13.5. The number of rotatable bonds is 8. The molecule has 3 aromatic carbocycles. The summed E-state index contributed by atoms with van der Waals surface area (Å²) in [6.45, 7) is 0.0665. The Morgan fingerprint density at radius 3 is 2.15 bits per heavy atom. The number of carbonyl (C=O) groups is 1. The van der Waals surface area contributed by atoms with Crippen LogP contribution in [0.3, 0.4) is 0 Å². The van der Waals surface area contributed by atoms with Gasteiger partial charge in [-0.05, 0) is 41.8 Å². The molecule has 0 radical (unpaired) electrons. The van der Waals surface area contributed by atoms with Crippen molar-refractivity contribution in [3.8, 4) is 5.75 Å². The van der Waals surface area contributed by atoms with Crippen LogP contribution in [-0.4, -0.2) is 45.5 Å². The van der Waals surface area contributed by atoms with E-state index in [2.05, 4.69) is 5.32 Å². The summed E-state index contributed by atoms with van der Waals surface area (Å²) in [7, 11) is -1.51. The number of nitrogens with zero attached hydrogens (tertiary/aromatic N) is 1. The standard InChI is InChI=1S/C26H28N2O4S/c1-32-24-14-12-21(13-15-24)26(20-8-4-2-5-9-20)27-18-25(29)28(22-10-6-3-7-11-22)23-16-17-33(30,31)19-23/h2-15,23,26-27H,16-19H2,1H3/t23-,26+/m0/s1. The summed E-state index contributed by atoms with van der Waals surface area (Å²) < 4.78 is 29.5. The van der Waals surface area contributed by atoms with E-state index in [-0.39, 0.29) is 36.0 Å². The molecule has 33 heavy (non-hydrogen) atoms. The molecule has 1 aliphatic heterocycles. The molecule has 1 fully saturated rings. The molecule has 1 saturated heterocycles. The van der Waals surface area contributed by atoms with Crippen molar-refractivity contribution in [2.24, 2.45) is 0 Å². The lowest BCUT2D eigenvalue weighted by molar-refractivity contribution is -0.118. The highest BCUT2D eigenvalue weighted by atomic mass is 32.2. The highest BCUT2D eigenvalue weighted by Gasteiger charge is 2.35. The van der Waals surface area contributed by atoms with E-state index >= 15 is 0 Å². The zero-order chi connectivity index (χ0) is 23.3. The third kappa shape index (κ3) is 5.61. The van der Waals surface area contributed by atoms with Gasteiger partial charge in [-0.1, -0.05) is 60.7 Å². The summed E-state index contributed by atoms with van der Waals surface area (Å²) in [6.07, 6.45) is 0.448.